The van der Waals surface area contributed by atoms with Crippen LogP contribution in [0.2, 0.25) is 0 Å². The van der Waals surface area contributed by atoms with Crippen molar-refractivity contribution >= 4 is 23.3 Å². The lowest BCUT2D eigenvalue weighted by molar-refractivity contribution is 0.214. The van der Waals surface area contributed by atoms with E-state index in [0.717, 1.165) is 41.1 Å². The number of para-hydroxylation sites is 1. The second kappa shape index (κ2) is 6.20. The smallest absolute Gasteiger partial charge is 0.178 e. The van der Waals surface area contributed by atoms with E-state index in [4.69, 9.17) is 17.0 Å². The van der Waals surface area contributed by atoms with Crippen molar-refractivity contribution in [1.82, 2.24) is 14.5 Å². The quantitative estimate of drug-likeness (QED) is 0.873. The predicted octanol–water partition coefficient (Wildman–Crippen LogP) is 3.75. The summed E-state index contributed by atoms with van der Waals surface area (Å²) in [6.07, 6.45) is 3.42. The first-order valence-corrected chi connectivity index (χ1v) is 8.16. The van der Waals surface area contributed by atoms with Gasteiger partial charge >= 0.3 is 0 Å². The molecule has 1 aromatic carbocycles. The molecule has 0 aliphatic carbocycles. The van der Waals surface area contributed by atoms with Gasteiger partial charge in [0.15, 0.2) is 4.77 Å². The first-order chi connectivity index (χ1) is 10.2. The summed E-state index contributed by atoms with van der Waals surface area (Å²) in [7, 11) is 2.18. The van der Waals surface area contributed by atoms with Crippen molar-refractivity contribution in [3.8, 4) is 5.75 Å². The highest BCUT2D eigenvalue weighted by molar-refractivity contribution is 7.71. The molecule has 1 aliphatic rings. The molecule has 3 rings (SSSR count). The molecule has 0 amide bonds. The van der Waals surface area contributed by atoms with Gasteiger partial charge in [-0.25, -0.2) is 0 Å². The van der Waals surface area contributed by atoms with Crippen LogP contribution in [0.25, 0.3) is 11.0 Å². The fourth-order valence-corrected chi connectivity index (χ4v) is 3.52. The molecule has 21 heavy (non-hydrogen) atoms. The minimum atomic E-state index is 0.450. The normalized spacial score (nSPS) is 20.0. The first-order valence-electron chi connectivity index (χ1n) is 7.75. The Kier molecular flexibility index (Phi) is 4.31. The Balaban J connectivity index is 2.03. The standard InChI is InChI=1S/C16H23N3OS/c1-3-10-20-14-8-4-7-13-15(14)17-16(21)19(13)12-6-5-9-18(2)11-12/h4,7-8,12H,3,5-6,9-11H2,1-2H3,(H,17,21). The van der Waals surface area contributed by atoms with Crippen LogP contribution in [0.1, 0.15) is 32.2 Å². The molecule has 0 spiro atoms. The van der Waals surface area contributed by atoms with Gasteiger partial charge in [0.25, 0.3) is 0 Å². The third-order valence-corrected chi connectivity index (χ3v) is 4.44. The number of nitrogens with zero attached hydrogens (tertiary/aromatic N) is 2. The van der Waals surface area contributed by atoms with Crippen LogP contribution in [0.15, 0.2) is 18.2 Å². The lowest BCUT2D eigenvalue weighted by Crippen LogP contribution is -2.33. The molecule has 0 bridgehead atoms. The van der Waals surface area contributed by atoms with Crippen molar-refractivity contribution in [2.24, 2.45) is 0 Å². The summed E-state index contributed by atoms with van der Waals surface area (Å²) in [6.45, 7) is 5.08. The topological polar surface area (TPSA) is 33.2 Å². The van der Waals surface area contributed by atoms with Gasteiger partial charge in [-0.1, -0.05) is 13.0 Å². The van der Waals surface area contributed by atoms with Gasteiger partial charge in [-0.05, 0) is 57.2 Å². The van der Waals surface area contributed by atoms with E-state index in [1.54, 1.807) is 0 Å². The number of aromatic nitrogens is 2. The second-order valence-electron chi connectivity index (χ2n) is 5.86. The molecule has 1 unspecified atom stereocenters. The summed E-state index contributed by atoms with van der Waals surface area (Å²) in [5.74, 6) is 0.906. The number of piperidine rings is 1. The van der Waals surface area contributed by atoms with Gasteiger partial charge < -0.3 is 19.2 Å². The molecule has 5 heteroatoms. The van der Waals surface area contributed by atoms with Gasteiger partial charge in [0.2, 0.25) is 0 Å². The van der Waals surface area contributed by atoms with Crippen LogP contribution >= 0.6 is 12.2 Å². The molecule has 114 valence electrons. The van der Waals surface area contributed by atoms with Crippen molar-refractivity contribution in [3.05, 3.63) is 23.0 Å². The average molecular weight is 305 g/mol. The Morgan fingerprint density at radius 3 is 3.05 bits per heavy atom. The molecular formula is C16H23N3OS. The number of ether oxygens (including phenoxy) is 1. The fraction of sp³-hybridized carbons (Fsp3) is 0.562. The monoisotopic (exact) mass is 305 g/mol. The van der Waals surface area contributed by atoms with Crippen molar-refractivity contribution in [2.45, 2.75) is 32.2 Å². The zero-order valence-electron chi connectivity index (χ0n) is 12.8. The van der Waals surface area contributed by atoms with Gasteiger partial charge in [-0.3, -0.25) is 0 Å². The fourth-order valence-electron chi connectivity index (χ4n) is 3.17. The van der Waals surface area contributed by atoms with Crippen LogP contribution in [0.5, 0.6) is 5.75 Å². The maximum absolute atomic E-state index is 5.84. The number of aromatic amines is 1. The number of hydrogen-bond acceptors (Lipinski definition) is 3. The Labute approximate surface area is 130 Å². The van der Waals surface area contributed by atoms with Crippen LogP contribution < -0.4 is 4.74 Å². The lowest BCUT2D eigenvalue weighted by Gasteiger charge is -2.30. The Hall–Kier alpha value is -1.33. The summed E-state index contributed by atoms with van der Waals surface area (Å²) in [6, 6.07) is 6.65. The third-order valence-electron chi connectivity index (χ3n) is 4.14. The van der Waals surface area contributed by atoms with Gasteiger partial charge in [0, 0.05) is 12.6 Å². The van der Waals surface area contributed by atoms with E-state index in [-0.39, 0.29) is 0 Å². The highest BCUT2D eigenvalue weighted by atomic mass is 32.1. The molecule has 1 N–H and O–H groups in total. The molecule has 1 atom stereocenters. The molecule has 0 saturated carbocycles. The van der Waals surface area contributed by atoms with Crippen molar-refractivity contribution in [3.63, 3.8) is 0 Å². The average Bonchev–Trinajstić information content (AvgIpc) is 2.81. The number of fused-ring (bicyclic) bond motifs is 1. The molecule has 2 aromatic rings. The number of H-pyrrole nitrogens is 1. The summed E-state index contributed by atoms with van der Waals surface area (Å²) < 4.78 is 8.92. The van der Waals surface area contributed by atoms with Gasteiger partial charge in [-0.15, -0.1) is 0 Å². The Bertz CT molecular complexity index is 676. The number of imidazole rings is 1. The molecule has 0 radical (unpaired) electrons. The summed E-state index contributed by atoms with van der Waals surface area (Å²) in [5, 5.41) is 0. The highest BCUT2D eigenvalue weighted by Crippen LogP contribution is 2.30. The number of rotatable bonds is 4. The maximum atomic E-state index is 5.84. The molecule has 2 heterocycles. The summed E-state index contributed by atoms with van der Waals surface area (Å²) in [4.78, 5) is 5.73. The molecule has 4 nitrogen and oxygen atoms in total. The van der Waals surface area contributed by atoms with E-state index < -0.39 is 0 Å². The van der Waals surface area contributed by atoms with E-state index in [1.165, 1.54) is 19.4 Å². The molecule has 1 aliphatic heterocycles. The van der Waals surface area contributed by atoms with Crippen molar-refractivity contribution in [1.29, 1.82) is 0 Å². The van der Waals surface area contributed by atoms with Crippen molar-refractivity contribution in [2.75, 3.05) is 26.7 Å². The highest BCUT2D eigenvalue weighted by Gasteiger charge is 2.22. The zero-order valence-corrected chi connectivity index (χ0v) is 13.6. The van der Waals surface area contributed by atoms with E-state index in [9.17, 15) is 0 Å². The summed E-state index contributed by atoms with van der Waals surface area (Å²) >= 11 is 5.58. The van der Waals surface area contributed by atoms with Crippen LogP contribution in [0.3, 0.4) is 0 Å². The summed E-state index contributed by atoms with van der Waals surface area (Å²) in [5.41, 5.74) is 2.19. The predicted molar refractivity (Wildman–Crippen MR) is 88.7 cm³/mol. The van der Waals surface area contributed by atoms with Crippen molar-refractivity contribution < 1.29 is 4.74 Å². The molecular weight excluding hydrogens is 282 g/mol. The van der Waals surface area contributed by atoms with Gasteiger partial charge in [0.1, 0.15) is 11.3 Å². The lowest BCUT2D eigenvalue weighted by atomic mass is 10.1. The van der Waals surface area contributed by atoms with Crippen LogP contribution in [-0.2, 0) is 0 Å². The van der Waals surface area contributed by atoms with E-state index in [0.29, 0.717) is 6.04 Å². The number of likely N-dealkylation sites (tertiary alicyclic amines) is 1. The molecule has 1 fully saturated rings. The van der Waals surface area contributed by atoms with E-state index in [1.807, 2.05) is 6.07 Å². The minimum absolute atomic E-state index is 0.450. The second-order valence-corrected chi connectivity index (χ2v) is 6.24. The van der Waals surface area contributed by atoms with E-state index in [2.05, 4.69) is 40.6 Å². The largest absolute Gasteiger partial charge is 0.491 e. The Morgan fingerprint density at radius 2 is 2.29 bits per heavy atom. The molecule has 1 saturated heterocycles. The third kappa shape index (κ3) is 2.85. The van der Waals surface area contributed by atoms with Crippen LogP contribution in [0, 0.1) is 4.77 Å². The number of nitrogens with one attached hydrogen (secondary N) is 1. The minimum Gasteiger partial charge on any atom is -0.491 e. The Morgan fingerprint density at radius 1 is 1.43 bits per heavy atom. The maximum Gasteiger partial charge on any atom is 0.178 e. The SMILES string of the molecule is CCCOc1cccc2c1[nH]c(=S)n2C1CCCN(C)C1. The first kappa shape index (κ1) is 14.6. The molecule has 1 aromatic heterocycles. The van der Waals surface area contributed by atoms with Gasteiger partial charge in [0.05, 0.1) is 12.1 Å². The number of likely N-dealkylation sites (N-methyl/N-ethyl adjacent to an activating group) is 1. The number of hydrogen-bond donors (Lipinski definition) is 1. The van der Waals surface area contributed by atoms with E-state index >= 15 is 0 Å². The van der Waals surface area contributed by atoms with Crippen LogP contribution in [0.4, 0.5) is 0 Å². The number of benzene rings is 1. The zero-order chi connectivity index (χ0) is 14.8. The van der Waals surface area contributed by atoms with Gasteiger partial charge in [-0.2, -0.15) is 0 Å². The van der Waals surface area contributed by atoms with Crippen LogP contribution in [-0.4, -0.2) is 41.2 Å².